The summed E-state index contributed by atoms with van der Waals surface area (Å²) in [5.74, 6) is -1.15. The molecule has 14 heavy (non-hydrogen) atoms. The van der Waals surface area contributed by atoms with Gasteiger partial charge in [0.2, 0.25) is 0 Å². The lowest BCUT2D eigenvalue weighted by molar-refractivity contribution is -0.138. The molecular weight excluding hydrogens is 190 g/mol. The Labute approximate surface area is 80.1 Å². The molecule has 1 heterocycles. The molecule has 0 aromatic heterocycles. The van der Waals surface area contributed by atoms with Crippen LogP contribution in [0.25, 0.3) is 0 Å². The number of imide groups is 1. The third-order valence-electron chi connectivity index (χ3n) is 1.78. The second kappa shape index (κ2) is 3.95. The van der Waals surface area contributed by atoms with Gasteiger partial charge in [-0.1, -0.05) is 0 Å². The molecule has 0 aromatic carbocycles. The number of hydrogen-bond acceptors (Lipinski definition) is 3. The Morgan fingerprint density at radius 2 is 2.36 bits per heavy atom. The summed E-state index contributed by atoms with van der Waals surface area (Å²) in [6.07, 6.45) is 0. The Balaban J connectivity index is 2.61. The molecule has 0 unspecified atom stereocenters. The zero-order valence-corrected chi connectivity index (χ0v) is 7.61. The van der Waals surface area contributed by atoms with Gasteiger partial charge in [0, 0.05) is 6.54 Å². The van der Waals surface area contributed by atoms with Crippen LogP contribution < -0.4 is 10.6 Å². The van der Waals surface area contributed by atoms with Crippen molar-refractivity contribution in [3.63, 3.8) is 0 Å². The fraction of sp³-hybridized carbons (Fsp3) is 0.571. The van der Waals surface area contributed by atoms with E-state index in [9.17, 15) is 14.4 Å². The number of carboxylic acid groups (broad SMARTS) is 1. The molecule has 1 atom stereocenters. The minimum Gasteiger partial charge on any atom is -0.480 e. The van der Waals surface area contributed by atoms with Crippen LogP contribution in [0, 0.1) is 0 Å². The fourth-order valence-electron chi connectivity index (χ4n) is 1.10. The van der Waals surface area contributed by atoms with Crippen LogP contribution in [0.2, 0.25) is 0 Å². The summed E-state index contributed by atoms with van der Waals surface area (Å²) < 4.78 is 0. The number of carbonyl (C=O) groups is 3. The first-order chi connectivity index (χ1) is 6.56. The van der Waals surface area contributed by atoms with Gasteiger partial charge in [0.25, 0.3) is 0 Å². The standard InChI is InChI=1S/C7H11N3O4/c1-2-8-6(13)10-3-4(5(11)12)9-7(10)14/h4H,2-3H2,1H3,(H,8,13)(H,9,14)(H,11,12)/t4-/m0/s1. The molecule has 1 fully saturated rings. The highest BCUT2D eigenvalue weighted by molar-refractivity contribution is 5.98. The second-order valence-corrected chi connectivity index (χ2v) is 2.79. The molecule has 7 heteroatoms. The van der Waals surface area contributed by atoms with Gasteiger partial charge in [0.1, 0.15) is 6.04 Å². The van der Waals surface area contributed by atoms with Gasteiger partial charge in [-0.3, -0.25) is 0 Å². The minimum absolute atomic E-state index is 0.139. The zero-order chi connectivity index (χ0) is 10.7. The SMILES string of the molecule is CCNC(=O)N1C[C@@H](C(=O)O)NC1=O. The normalized spacial score (nSPS) is 20.5. The average Bonchev–Trinajstić information content (AvgIpc) is 2.48. The van der Waals surface area contributed by atoms with Crippen LogP contribution in [0.5, 0.6) is 0 Å². The van der Waals surface area contributed by atoms with E-state index in [1.165, 1.54) is 0 Å². The maximum absolute atomic E-state index is 11.2. The van der Waals surface area contributed by atoms with E-state index < -0.39 is 24.1 Å². The number of nitrogens with zero attached hydrogens (tertiary/aromatic N) is 1. The molecule has 1 aliphatic rings. The number of rotatable bonds is 2. The monoisotopic (exact) mass is 201 g/mol. The fourth-order valence-corrected chi connectivity index (χ4v) is 1.10. The van der Waals surface area contributed by atoms with E-state index in [1.54, 1.807) is 6.92 Å². The Morgan fingerprint density at radius 1 is 1.71 bits per heavy atom. The summed E-state index contributed by atoms with van der Waals surface area (Å²) in [5.41, 5.74) is 0. The minimum atomic E-state index is -1.15. The third kappa shape index (κ3) is 1.93. The zero-order valence-electron chi connectivity index (χ0n) is 7.61. The summed E-state index contributed by atoms with van der Waals surface area (Å²) >= 11 is 0. The molecule has 1 rings (SSSR count). The molecule has 0 radical (unpaired) electrons. The van der Waals surface area contributed by atoms with Crippen molar-refractivity contribution in [3.05, 3.63) is 0 Å². The molecule has 0 aromatic rings. The van der Waals surface area contributed by atoms with E-state index in [2.05, 4.69) is 10.6 Å². The van der Waals surface area contributed by atoms with Gasteiger partial charge in [0.05, 0.1) is 6.54 Å². The Morgan fingerprint density at radius 3 is 2.79 bits per heavy atom. The van der Waals surface area contributed by atoms with Gasteiger partial charge in [-0.15, -0.1) is 0 Å². The van der Waals surface area contributed by atoms with Crippen LogP contribution >= 0.6 is 0 Å². The molecule has 0 saturated carbocycles. The number of carboxylic acids is 1. The van der Waals surface area contributed by atoms with Gasteiger partial charge in [-0.05, 0) is 6.92 Å². The van der Waals surface area contributed by atoms with E-state index >= 15 is 0 Å². The Bertz CT molecular complexity index is 278. The predicted octanol–water partition coefficient (Wildman–Crippen LogP) is -0.806. The average molecular weight is 201 g/mol. The third-order valence-corrected chi connectivity index (χ3v) is 1.78. The summed E-state index contributed by atoms with van der Waals surface area (Å²) in [5, 5.41) is 13.2. The van der Waals surface area contributed by atoms with Crippen LogP contribution in [-0.4, -0.2) is 47.2 Å². The van der Waals surface area contributed by atoms with E-state index in [0.29, 0.717) is 6.54 Å². The van der Waals surface area contributed by atoms with Crippen LogP contribution in [-0.2, 0) is 4.79 Å². The summed E-state index contributed by atoms with van der Waals surface area (Å²) in [6.45, 7) is 1.96. The van der Waals surface area contributed by atoms with Crippen LogP contribution in [0.3, 0.4) is 0 Å². The van der Waals surface area contributed by atoms with Gasteiger partial charge in [0.15, 0.2) is 0 Å². The first-order valence-electron chi connectivity index (χ1n) is 4.15. The van der Waals surface area contributed by atoms with Crippen molar-refractivity contribution in [3.8, 4) is 0 Å². The van der Waals surface area contributed by atoms with Gasteiger partial charge < -0.3 is 15.7 Å². The largest absolute Gasteiger partial charge is 0.480 e. The van der Waals surface area contributed by atoms with Gasteiger partial charge >= 0.3 is 18.0 Å². The van der Waals surface area contributed by atoms with E-state index in [4.69, 9.17) is 5.11 Å². The smallest absolute Gasteiger partial charge is 0.328 e. The first-order valence-corrected chi connectivity index (χ1v) is 4.15. The molecule has 0 bridgehead atoms. The van der Waals surface area contributed by atoms with Gasteiger partial charge in [-0.2, -0.15) is 0 Å². The molecule has 0 spiro atoms. The number of carbonyl (C=O) groups excluding carboxylic acids is 2. The van der Waals surface area contributed by atoms with Crippen LogP contribution in [0.15, 0.2) is 0 Å². The summed E-state index contributed by atoms with van der Waals surface area (Å²) in [7, 11) is 0. The van der Waals surface area contributed by atoms with Crippen LogP contribution in [0.4, 0.5) is 9.59 Å². The van der Waals surface area contributed by atoms with Crippen molar-refractivity contribution >= 4 is 18.0 Å². The van der Waals surface area contributed by atoms with E-state index in [0.717, 1.165) is 4.90 Å². The van der Waals surface area contributed by atoms with E-state index in [1.807, 2.05) is 0 Å². The van der Waals surface area contributed by atoms with Crippen molar-refractivity contribution in [2.24, 2.45) is 0 Å². The highest BCUT2D eigenvalue weighted by atomic mass is 16.4. The number of hydrogen-bond donors (Lipinski definition) is 3. The number of urea groups is 2. The molecule has 4 amide bonds. The van der Waals surface area contributed by atoms with Crippen molar-refractivity contribution in [2.45, 2.75) is 13.0 Å². The molecule has 1 aliphatic heterocycles. The van der Waals surface area contributed by atoms with Crippen LogP contribution in [0.1, 0.15) is 6.92 Å². The second-order valence-electron chi connectivity index (χ2n) is 2.79. The van der Waals surface area contributed by atoms with Crippen molar-refractivity contribution in [1.29, 1.82) is 0 Å². The maximum Gasteiger partial charge on any atom is 0.328 e. The number of nitrogens with one attached hydrogen (secondary N) is 2. The molecule has 1 saturated heterocycles. The first kappa shape index (κ1) is 10.3. The highest BCUT2D eigenvalue weighted by Crippen LogP contribution is 2.04. The van der Waals surface area contributed by atoms with E-state index in [-0.39, 0.29) is 6.54 Å². The molecular formula is C7H11N3O4. The molecule has 3 N–H and O–H groups in total. The van der Waals surface area contributed by atoms with Gasteiger partial charge in [-0.25, -0.2) is 19.3 Å². The van der Waals surface area contributed by atoms with Crippen molar-refractivity contribution in [1.82, 2.24) is 15.5 Å². The Kier molecular flexibility index (Phi) is 2.90. The van der Waals surface area contributed by atoms with Crippen molar-refractivity contribution in [2.75, 3.05) is 13.1 Å². The molecule has 78 valence electrons. The number of aliphatic carboxylic acids is 1. The summed E-state index contributed by atoms with van der Waals surface area (Å²) in [6, 6.07) is -2.26. The lowest BCUT2D eigenvalue weighted by atomic mass is 10.3. The topological polar surface area (TPSA) is 98.7 Å². The maximum atomic E-state index is 11.2. The quantitative estimate of drug-likeness (QED) is 0.544. The summed E-state index contributed by atoms with van der Waals surface area (Å²) in [4.78, 5) is 33.6. The lowest BCUT2D eigenvalue weighted by Crippen LogP contribution is -2.41. The predicted molar refractivity (Wildman–Crippen MR) is 45.7 cm³/mol. The lowest BCUT2D eigenvalue weighted by Gasteiger charge is -2.11. The number of amides is 4. The molecule has 7 nitrogen and oxygen atoms in total. The molecule has 0 aliphatic carbocycles. The highest BCUT2D eigenvalue weighted by Gasteiger charge is 2.36. The van der Waals surface area contributed by atoms with Crippen molar-refractivity contribution < 1.29 is 19.5 Å². The Hall–Kier alpha value is -1.79.